The van der Waals surface area contributed by atoms with Gasteiger partial charge in [-0.1, -0.05) is 51.1 Å². The molecule has 4 nitrogen and oxygen atoms in total. The number of ether oxygens (including phenoxy) is 1. The maximum Gasteiger partial charge on any atom is 0.240 e. The molecule has 0 fully saturated rings. The van der Waals surface area contributed by atoms with Crippen molar-refractivity contribution in [2.24, 2.45) is 5.10 Å². The minimum absolute atomic E-state index is 0.0660. The van der Waals surface area contributed by atoms with Crippen molar-refractivity contribution in [2.75, 3.05) is 7.11 Å². The number of amides is 1. The lowest BCUT2D eigenvalue weighted by Gasteiger charge is -2.18. The molecule has 0 bridgehead atoms. The first-order valence-corrected chi connectivity index (χ1v) is 9.35. The summed E-state index contributed by atoms with van der Waals surface area (Å²) in [5.41, 5.74) is 7.41. The smallest absolute Gasteiger partial charge is 0.240 e. The maximum absolute atomic E-state index is 11.9. The maximum atomic E-state index is 11.9. The van der Waals surface area contributed by atoms with E-state index >= 15 is 0 Å². The van der Waals surface area contributed by atoms with Crippen LogP contribution >= 0.6 is 0 Å². The van der Waals surface area contributed by atoms with E-state index in [1.54, 1.807) is 13.3 Å². The molecule has 0 aromatic heterocycles. The molecule has 1 amide bonds. The quantitative estimate of drug-likeness (QED) is 0.567. The normalized spacial score (nSPS) is 11.6. The van der Waals surface area contributed by atoms with Crippen LogP contribution in [0.1, 0.15) is 55.9 Å². The van der Waals surface area contributed by atoms with E-state index in [2.05, 4.69) is 56.4 Å². The van der Waals surface area contributed by atoms with Crippen LogP contribution in [0.2, 0.25) is 0 Å². The SMILES string of the molecule is COc1ccc(CCCC(=O)N/N=C\c2ccc(C(C)(C)C)cc2)c(C)c1. The highest BCUT2D eigenvalue weighted by atomic mass is 16.5. The molecule has 0 saturated heterocycles. The van der Waals surface area contributed by atoms with Gasteiger partial charge in [0.1, 0.15) is 5.75 Å². The molecule has 0 aliphatic rings. The van der Waals surface area contributed by atoms with Crippen molar-refractivity contribution in [3.63, 3.8) is 0 Å². The van der Waals surface area contributed by atoms with E-state index in [-0.39, 0.29) is 11.3 Å². The monoisotopic (exact) mass is 366 g/mol. The van der Waals surface area contributed by atoms with Crippen LogP contribution in [0.5, 0.6) is 5.75 Å². The Kier molecular flexibility index (Phi) is 7.17. The standard InChI is InChI=1S/C23H30N2O2/c1-17-15-21(27-5)14-11-19(17)7-6-8-22(26)25-24-16-18-9-12-20(13-10-18)23(2,3)4/h9-16H,6-8H2,1-5H3,(H,25,26)/b24-16-. The number of hydrogen-bond acceptors (Lipinski definition) is 3. The number of aryl methyl sites for hydroxylation is 2. The summed E-state index contributed by atoms with van der Waals surface area (Å²) in [6.45, 7) is 8.62. The number of benzene rings is 2. The van der Waals surface area contributed by atoms with Gasteiger partial charge in [-0.2, -0.15) is 5.10 Å². The second-order valence-corrected chi connectivity index (χ2v) is 7.81. The van der Waals surface area contributed by atoms with Gasteiger partial charge < -0.3 is 4.74 Å². The molecule has 0 spiro atoms. The largest absolute Gasteiger partial charge is 0.497 e. The van der Waals surface area contributed by atoms with E-state index in [4.69, 9.17) is 4.74 Å². The van der Waals surface area contributed by atoms with E-state index in [9.17, 15) is 4.79 Å². The lowest BCUT2D eigenvalue weighted by atomic mass is 9.87. The fourth-order valence-corrected chi connectivity index (χ4v) is 2.82. The first-order valence-electron chi connectivity index (χ1n) is 9.35. The van der Waals surface area contributed by atoms with Crippen LogP contribution in [0.3, 0.4) is 0 Å². The predicted molar refractivity (Wildman–Crippen MR) is 112 cm³/mol. The molecule has 0 aliphatic heterocycles. The highest BCUT2D eigenvalue weighted by molar-refractivity contribution is 5.82. The minimum atomic E-state index is -0.0660. The number of methoxy groups -OCH3 is 1. The van der Waals surface area contributed by atoms with Crippen LogP contribution in [-0.2, 0) is 16.6 Å². The molecule has 2 rings (SSSR count). The van der Waals surface area contributed by atoms with Gasteiger partial charge in [0.2, 0.25) is 5.91 Å². The Hall–Kier alpha value is -2.62. The average Bonchev–Trinajstić information content (AvgIpc) is 2.62. The molecule has 0 atom stereocenters. The summed E-state index contributed by atoms with van der Waals surface area (Å²) in [6.07, 6.45) is 3.78. The second kappa shape index (κ2) is 9.36. The number of rotatable bonds is 7. The third kappa shape index (κ3) is 6.55. The van der Waals surface area contributed by atoms with E-state index in [0.29, 0.717) is 6.42 Å². The molecule has 1 N–H and O–H groups in total. The molecule has 2 aromatic rings. The Morgan fingerprint density at radius 3 is 2.44 bits per heavy atom. The molecule has 0 aliphatic carbocycles. The van der Waals surface area contributed by atoms with Crippen molar-refractivity contribution < 1.29 is 9.53 Å². The molecule has 2 aromatic carbocycles. The van der Waals surface area contributed by atoms with Gasteiger partial charge >= 0.3 is 0 Å². The molecular formula is C23H30N2O2. The van der Waals surface area contributed by atoms with Crippen LogP contribution in [0.15, 0.2) is 47.6 Å². The topological polar surface area (TPSA) is 50.7 Å². The highest BCUT2D eigenvalue weighted by Gasteiger charge is 2.12. The third-order valence-corrected chi connectivity index (χ3v) is 4.58. The van der Waals surface area contributed by atoms with Crippen LogP contribution in [0, 0.1) is 6.92 Å². The molecule has 0 heterocycles. The van der Waals surface area contributed by atoms with E-state index in [1.165, 1.54) is 16.7 Å². The summed E-state index contributed by atoms with van der Waals surface area (Å²) < 4.78 is 5.22. The second-order valence-electron chi connectivity index (χ2n) is 7.81. The average molecular weight is 367 g/mol. The summed E-state index contributed by atoms with van der Waals surface area (Å²) >= 11 is 0. The Balaban J connectivity index is 1.77. The lowest BCUT2D eigenvalue weighted by molar-refractivity contribution is -0.121. The van der Waals surface area contributed by atoms with Crippen molar-refractivity contribution in [2.45, 2.75) is 52.4 Å². The Morgan fingerprint density at radius 2 is 1.85 bits per heavy atom. The van der Waals surface area contributed by atoms with Crippen LogP contribution in [0.4, 0.5) is 0 Å². The molecule has 27 heavy (non-hydrogen) atoms. The summed E-state index contributed by atoms with van der Waals surface area (Å²) in [5, 5.41) is 4.06. The van der Waals surface area contributed by atoms with Gasteiger partial charge in [0.15, 0.2) is 0 Å². The summed E-state index contributed by atoms with van der Waals surface area (Å²) in [4.78, 5) is 11.9. The zero-order valence-electron chi connectivity index (χ0n) is 17.0. The van der Waals surface area contributed by atoms with E-state index < -0.39 is 0 Å². The molecule has 144 valence electrons. The summed E-state index contributed by atoms with van der Waals surface area (Å²) in [5.74, 6) is 0.794. The zero-order valence-corrected chi connectivity index (χ0v) is 17.0. The van der Waals surface area contributed by atoms with Crippen LogP contribution < -0.4 is 10.2 Å². The van der Waals surface area contributed by atoms with Crippen molar-refractivity contribution in [1.82, 2.24) is 5.43 Å². The van der Waals surface area contributed by atoms with Gasteiger partial charge in [-0.25, -0.2) is 5.43 Å². The fourth-order valence-electron chi connectivity index (χ4n) is 2.82. The Labute approximate surface area is 162 Å². The van der Waals surface area contributed by atoms with Crippen LogP contribution in [-0.4, -0.2) is 19.2 Å². The van der Waals surface area contributed by atoms with Gasteiger partial charge in [-0.3, -0.25) is 4.79 Å². The van der Waals surface area contributed by atoms with E-state index in [0.717, 1.165) is 24.2 Å². The van der Waals surface area contributed by atoms with Crippen LogP contribution in [0.25, 0.3) is 0 Å². The number of carbonyl (C=O) groups is 1. The number of nitrogens with zero attached hydrogens (tertiary/aromatic N) is 1. The Bertz CT molecular complexity index is 787. The number of hydrogen-bond donors (Lipinski definition) is 1. The Morgan fingerprint density at radius 1 is 1.15 bits per heavy atom. The fraction of sp³-hybridized carbons (Fsp3) is 0.391. The van der Waals surface area contributed by atoms with Gasteiger partial charge in [-0.05, 0) is 59.6 Å². The summed E-state index contributed by atoms with van der Waals surface area (Å²) in [6, 6.07) is 14.3. The first-order chi connectivity index (χ1) is 12.8. The number of nitrogens with one attached hydrogen (secondary N) is 1. The molecule has 0 unspecified atom stereocenters. The zero-order chi connectivity index (χ0) is 19.9. The number of carbonyl (C=O) groups excluding carboxylic acids is 1. The third-order valence-electron chi connectivity index (χ3n) is 4.58. The number of hydrazone groups is 1. The first kappa shape index (κ1) is 20.7. The van der Waals surface area contributed by atoms with E-state index in [1.807, 2.05) is 24.3 Å². The predicted octanol–water partition coefficient (Wildman–Crippen LogP) is 4.77. The van der Waals surface area contributed by atoms with Gasteiger partial charge in [0.05, 0.1) is 13.3 Å². The molecule has 0 radical (unpaired) electrons. The molecular weight excluding hydrogens is 336 g/mol. The van der Waals surface area contributed by atoms with Crippen molar-refractivity contribution in [1.29, 1.82) is 0 Å². The minimum Gasteiger partial charge on any atom is -0.497 e. The van der Waals surface area contributed by atoms with Gasteiger partial charge in [0.25, 0.3) is 0 Å². The lowest BCUT2D eigenvalue weighted by Crippen LogP contribution is -2.17. The molecule has 0 saturated carbocycles. The van der Waals surface area contributed by atoms with Gasteiger partial charge in [0, 0.05) is 6.42 Å². The molecule has 4 heteroatoms. The highest BCUT2D eigenvalue weighted by Crippen LogP contribution is 2.22. The van der Waals surface area contributed by atoms with Crippen molar-refractivity contribution >= 4 is 12.1 Å². The van der Waals surface area contributed by atoms with Gasteiger partial charge in [-0.15, -0.1) is 0 Å². The van der Waals surface area contributed by atoms with Crippen molar-refractivity contribution in [3.05, 3.63) is 64.7 Å². The summed E-state index contributed by atoms with van der Waals surface area (Å²) in [7, 11) is 1.66. The van der Waals surface area contributed by atoms with Crippen molar-refractivity contribution in [3.8, 4) is 5.75 Å².